The Balaban J connectivity index is 2.10. The minimum Gasteiger partial charge on any atom is -0.493 e. The summed E-state index contributed by atoms with van der Waals surface area (Å²) in [6, 6.07) is 3.16. The fraction of sp³-hybridized carbons (Fsp3) is 0.529. The number of benzene rings is 1. The quantitative estimate of drug-likeness (QED) is 0.796. The van der Waals surface area contributed by atoms with Gasteiger partial charge in [0.2, 0.25) is 5.91 Å². The lowest BCUT2D eigenvalue weighted by molar-refractivity contribution is -0.157. The fourth-order valence-electron chi connectivity index (χ4n) is 3.65. The SMILES string of the molecule is COC(=O)[C@@H]1Cc2cc(OC)c(OC)cc2[C@H]2CCCC(=O)N21. The number of rotatable bonds is 3. The molecule has 1 saturated heterocycles. The lowest BCUT2D eigenvalue weighted by atomic mass is 9.83. The van der Waals surface area contributed by atoms with E-state index in [2.05, 4.69) is 0 Å². The van der Waals surface area contributed by atoms with Crippen molar-refractivity contribution >= 4 is 11.9 Å². The smallest absolute Gasteiger partial charge is 0.328 e. The molecule has 0 aliphatic carbocycles. The molecule has 0 radical (unpaired) electrons. The summed E-state index contributed by atoms with van der Waals surface area (Å²) in [5.41, 5.74) is 2.05. The van der Waals surface area contributed by atoms with Crippen molar-refractivity contribution in [2.75, 3.05) is 21.3 Å². The molecule has 2 atom stereocenters. The van der Waals surface area contributed by atoms with E-state index in [9.17, 15) is 9.59 Å². The Bertz CT molecular complexity index is 642. The van der Waals surface area contributed by atoms with Gasteiger partial charge in [0.15, 0.2) is 11.5 Å². The number of hydrogen-bond acceptors (Lipinski definition) is 5. The van der Waals surface area contributed by atoms with Crippen molar-refractivity contribution in [2.45, 2.75) is 37.8 Å². The van der Waals surface area contributed by atoms with Gasteiger partial charge >= 0.3 is 5.97 Å². The van der Waals surface area contributed by atoms with Crippen LogP contribution in [0.25, 0.3) is 0 Å². The van der Waals surface area contributed by atoms with Gasteiger partial charge in [-0.2, -0.15) is 0 Å². The summed E-state index contributed by atoms with van der Waals surface area (Å²) in [4.78, 5) is 26.3. The number of hydrogen-bond donors (Lipinski definition) is 0. The second-order valence-electron chi connectivity index (χ2n) is 5.86. The lowest BCUT2D eigenvalue weighted by Gasteiger charge is -2.44. The first-order valence-corrected chi connectivity index (χ1v) is 7.74. The Labute approximate surface area is 135 Å². The number of amides is 1. The monoisotopic (exact) mass is 319 g/mol. The lowest BCUT2D eigenvalue weighted by Crippen LogP contribution is -2.53. The molecule has 1 aromatic rings. The van der Waals surface area contributed by atoms with Gasteiger partial charge in [0.25, 0.3) is 0 Å². The van der Waals surface area contributed by atoms with Crippen LogP contribution in [0.1, 0.15) is 36.4 Å². The van der Waals surface area contributed by atoms with E-state index in [0.717, 1.165) is 24.0 Å². The summed E-state index contributed by atoms with van der Waals surface area (Å²) in [6.07, 6.45) is 2.57. The molecule has 1 amide bonds. The Hall–Kier alpha value is -2.24. The molecule has 23 heavy (non-hydrogen) atoms. The van der Waals surface area contributed by atoms with Crippen molar-refractivity contribution in [1.29, 1.82) is 0 Å². The highest BCUT2D eigenvalue weighted by molar-refractivity contribution is 5.86. The van der Waals surface area contributed by atoms with E-state index in [-0.39, 0.29) is 17.9 Å². The van der Waals surface area contributed by atoms with E-state index in [1.165, 1.54) is 7.11 Å². The molecule has 0 bridgehead atoms. The van der Waals surface area contributed by atoms with Gasteiger partial charge in [-0.05, 0) is 36.1 Å². The molecular formula is C17H21NO5. The molecular weight excluding hydrogens is 298 g/mol. The van der Waals surface area contributed by atoms with Crippen molar-refractivity contribution in [3.8, 4) is 11.5 Å². The molecule has 6 nitrogen and oxygen atoms in total. The van der Waals surface area contributed by atoms with Gasteiger partial charge in [-0.1, -0.05) is 0 Å². The van der Waals surface area contributed by atoms with Gasteiger partial charge in [0.1, 0.15) is 6.04 Å². The summed E-state index contributed by atoms with van der Waals surface area (Å²) < 4.78 is 15.7. The summed E-state index contributed by atoms with van der Waals surface area (Å²) in [7, 11) is 4.53. The Morgan fingerprint density at radius 2 is 1.87 bits per heavy atom. The molecule has 0 spiro atoms. The maximum atomic E-state index is 12.4. The molecule has 0 N–H and O–H groups in total. The van der Waals surface area contributed by atoms with E-state index < -0.39 is 6.04 Å². The van der Waals surface area contributed by atoms with Crippen molar-refractivity contribution in [1.82, 2.24) is 4.90 Å². The number of methoxy groups -OCH3 is 3. The van der Waals surface area contributed by atoms with Crippen LogP contribution in [0.15, 0.2) is 12.1 Å². The van der Waals surface area contributed by atoms with Crippen LogP contribution in [0, 0.1) is 0 Å². The average Bonchev–Trinajstić information content (AvgIpc) is 2.59. The molecule has 1 fully saturated rings. The van der Waals surface area contributed by atoms with Crippen LogP contribution >= 0.6 is 0 Å². The summed E-state index contributed by atoms with van der Waals surface area (Å²) >= 11 is 0. The zero-order valence-corrected chi connectivity index (χ0v) is 13.6. The van der Waals surface area contributed by atoms with Crippen molar-refractivity contribution < 1.29 is 23.8 Å². The van der Waals surface area contributed by atoms with Gasteiger partial charge in [-0.15, -0.1) is 0 Å². The van der Waals surface area contributed by atoms with E-state index in [0.29, 0.717) is 24.3 Å². The van der Waals surface area contributed by atoms with Crippen LogP contribution in [0.3, 0.4) is 0 Å². The molecule has 0 unspecified atom stereocenters. The Morgan fingerprint density at radius 1 is 1.17 bits per heavy atom. The highest BCUT2D eigenvalue weighted by Crippen LogP contribution is 2.44. The molecule has 124 valence electrons. The van der Waals surface area contributed by atoms with Crippen LogP contribution < -0.4 is 9.47 Å². The number of esters is 1. The number of carbonyl (C=O) groups excluding carboxylic acids is 2. The minimum absolute atomic E-state index is 0.0112. The van der Waals surface area contributed by atoms with Crippen molar-refractivity contribution in [3.63, 3.8) is 0 Å². The predicted octanol–water partition coefficient (Wildman–Crippen LogP) is 1.86. The predicted molar refractivity (Wildman–Crippen MR) is 82.5 cm³/mol. The molecule has 1 aromatic carbocycles. The standard InChI is InChI=1S/C17H21NO5/c1-21-14-8-10-7-13(17(20)23-3)18-12(5-4-6-16(18)19)11(10)9-15(14)22-2/h8-9,12-13H,4-7H2,1-3H3/t12-,13+/m1/s1. The number of piperidine rings is 1. The second-order valence-corrected chi connectivity index (χ2v) is 5.86. The van der Waals surface area contributed by atoms with Gasteiger partial charge in [-0.25, -0.2) is 4.79 Å². The van der Waals surface area contributed by atoms with E-state index >= 15 is 0 Å². The molecule has 0 saturated carbocycles. The third-order valence-corrected chi connectivity index (χ3v) is 4.72. The maximum Gasteiger partial charge on any atom is 0.328 e. The Morgan fingerprint density at radius 3 is 2.52 bits per heavy atom. The van der Waals surface area contributed by atoms with Crippen molar-refractivity contribution in [2.24, 2.45) is 0 Å². The van der Waals surface area contributed by atoms with Gasteiger partial charge in [-0.3, -0.25) is 4.79 Å². The maximum absolute atomic E-state index is 12.4. The van der Waals surface area contributed by atoms with E-state index in [1.807, 2.05) is 12.1 Å². The topological polar surface area (TPSA) is 65.1 Å². The summed E-state index contributed by atoms with van der Waals surface area (Å²) in [5, 5.41) is 0. The zero-order valence-electron chi connectivity index (χ0n) is 13.6. The number of fused-ring (bicyclic) bond motifs is 3. The van der Waals surface area contributed by atoms with Gasteiger partial charge < -0.3 is 19.1 Å². The fourth-order valence-corrected chi connectivity index (χ4v) is 3.65. The van der Waals surface area contributed by atoms with Gasteiger partial charge in [0.05, 0.1) is 27.4 Å². The minimum atomic E-state index is -0.566. The average molecular weight is 319 g/mol. The van der Waals surface area contributed by atoms with E-state index in [4.69, 9.17) is 14.2 Å². The van der Waals surface area contributed by atoms with E-state index in [1.54, 1.807) is 19.1 Å². The molecule has 2 heterocycles. The first-order valence-electron chi connectivity index (χ1n) is 7.74. The van der Waals surface area contributed by atoms with Crippen LogP contribution in [-0.4, -0.2) is 44.1 Å². The molecule has 3 rings (SSSR count). The number of carbonyl (C=O) groups is 2. The summed E-state index contributed by atoms with van der Waals surface area (Å²) in [6.45, 7) is 0. The highest BCUT2D eigenvalue weighted by atomic mass is 16.5. The molecule has 2 aliphatic heterocycles. The third-order valence-electron chi connectivity index (χ3n) is 4.72. The van der Waals surface area contributed by atoms with Crippen LogP contribution in [0.4, 0.5) is 0 Å². The third kappa shape index (κ3) is 2.52. The molecule has 2 aliphatic rings. The van der Waals surface area contributed by atoms with Gasteiger partial charge in [0, 0.05) is 12.8 Å². The number of nitrogens with zero attached hydrogens (tertiary/aromatic N) is 1. The highest BCUT2D eigenvalue weighted by Gasteiger charge is 2.43. The normalized spacial score (nSPS) is 22.9. The zero-order chi connectivity index (χ0) is 16.6. The molecule has 0 aromatic heterocycles. The second kappa shape index (κ2) is 6.10. The summed E-state index contributed by atoms with van der Waals surface area (Å²) in [5.74, 6) is 0.911. The Kier molecular flexibility index (Phi) is 4.15. The molecule has 6 heteroatoms. The van der Waals surface area contributed by atoms with Crippen LogP contribution in [0.2, 0.25) is 0 Å². The first-order chi connectivity index (χ1) is 11.1. The van der Waals surface area contributed by atoms with Crippen LogP contribution in [0.5, 0.6) is 11.5 Å². The van der Waals surface area contributed by atoms with Crippen molar-refractivity contribution in [3.05, 3.63) is 23.3 Å². The first kappa shape index (κ1) is 15.6. The van der Waals surface area contributed by atoms with Crippen LogP contribution in [-0.2, 0) is 20.7 Å². The number of ether oxygens (including phenoxy) is 3. The largest absolute Gasteiger partial charge is 0.493 e.